The van der Waals surface area contributed by atoms with Crippen molar-refractivity contribution in [3.63, 3.8) is 0 Å². The predicted molar refractivity (Wildman–Crippen MR) is 121 cm³/mol. The fourth-order valence-corrected chi connectivity index (χ4v) is 4.80. The number of amides is 1. The number of benzene rings is 1. The predicted octanol–water partition coefficient (Wildman–Crippen LogP) is 0.552. The molecule has 2 aliphatic heterocycles. The number of nitrogens with one attached hydrogen (secondary N) is 1. The highest BCUT2D eigenvalue weighted by atomic mass is 16.6. The van der Waals surface area contributed by atoms with E-state index in [9.17, 15) is 9.59 Å². The van der Waals surface area contributed by atoms with Gasteiger partial charge in [0.1, 0.15) is 12.4 Å². The van der Waals surface area contributed by atoms with E-state index in [1.165, 1.54) is 10.8 Å². The molecule has 1 aromatic carbocycles. The molecule has 34 heavy (non-hydrogen) atoms. The van der Waals surface area contributed by atoms with Crippen molar-refractivity contribution in [3.8, 4) is 5.75 Å². The summed E-state index contributed by atoms with van der Waals surface area (Å²) in [7, 11) is 1.62. The van der Waals surface area contributed by atoms with Crippen molar-refractivity contribution in [3.05, 3.63) is 64.5 Å². The summed E-state index contributed by atoms with van der Waals surface area (Å²) in [5.74, 6) is 0.759. The Bertz CT molecular complexity index is 1450. The molecular formula is C23H24N7O4+. The third kappa shape index (κ3) is 3.45. The first kappa shape index (κ1) is 20.6. The Balaban J connectivity index is 1.34. The fourth-order valence-electron chi connectivity index (χ4n) is 4.80. The van der Waals surface area contributed by atoms with Crippen LogP contribution in [0.25, 0.3) is 16.7 Å². The number of fused-ring (bicyclic) bond motifs is 4. The summed E-state index contributed by atoms with van der Waals surface area (Å²) in [5, 5.41) is 5.03. The van der Waals surface area contributed by atoms with E-state index < -0.39 is 0 Å². The second-order valence-electron chi connectivity index (χ2n) is 8.64. The zero-order valence-corrected chi connectivity index (χ0v) is 18.7. The van der Waals surface area contributed by atoms with Crippen LogP contribution in [0.2, 0.25) is 0 Å². The lowest BCUT2D eigenvalue weighted by Gasteiger charge is -2.35. The Morgan fingerprint density at radius 1 is 1.15 bits per heavy atom. The third-order valence-corrected chi connectivity index (χ3v) is 6.54. The molecule has 1 amide bonds. The highest BCUT2D eigenvalue weighted by Crippen LogP contribution is 2.22. The summed E-state index contributed by atoms with van der Waals surface area (Å²) < 4.78 is 13.4. The van der Waals surface area contributed by atoms with Crippen LogP contribution in [-0.4, -0.2) is 74.5 Å². The van der Waals surface area contributed by atoms with Gasteiger partial charge in [0, 0.05) is 37.5 Å². The van der Waals surface area contributed by atoms with Gasteiger partial charge in [-0.25, -0.2) is 19.6 Å². The number of piperazine rings is 1. The van der Waals surface area contributed by atoms with E-state index in [0.29, 0.717) is 37.5 Å². The molecule has 4 aromatic rings. The molecule has 5 heterocycles. The summed E-state index contributed by atoms with van der Waals surface area (Å²) >= 11 is 0. The summed E-state index contributed by atoms with van der Waals surface area (Å²) in [6, 6.07) is 9.76. The monoisotopic (exact) mass is 462 g/mol. The number of nitrogens with zero attached hydrogens (tertiary/aromatic N) is 6. The van der Waals surface area contributed by atoms with Gasteiger partial charge in [0.2, 0.25) is 0 Å². The SMILES string of the molecule is COc1ccc(Cn2c(=O)n3nc[nH+]c3c3cc(CN4CCN5C(=O)OCC5C4)cnc32)cc1. The molecule has 1 N–H and O–H groups in total. The Morgan fingerprint density at radius 3 is 2.82 bits per heavy atom. The fraction of sp³-hybridized carbons (Fsp3) is 0.348. The molecule has 0 radical (unpaired) electrons. The zero-order valence-electron chi connectivity index (χ0n) is 18.7. The van der Waals surface area contributed by atoms with Gasteiger partial charge < -0.3 is 9.47 Å². The highest BCUT2D eigenvalue weighted by molar-refractivity contribution is 5.87. The van der Waals surface area contributed by atoms with Gasteiger partial charge in [0.25, 0.3) is 12.0 Å². The molecule has 0 saturated carbocycles. The molecule has 2 aliphatic rings. The number of hydrogen-bond acceptors (Lipinski definition) is 7. The van der Waals surface area contributed by atoms with Crippen molar-refractivity contribution in [2.45, 2.75) is 19.1 Å². The van der Waals surface area contributed by atoms with Crippen molar-refractivity contribution < 1.29 is 19.3 Å². The van der Waals surface area contributed by atoms with Crippen molar-refractivity contribution >= 4 is 22.8 Å². The number of carbonyl (C=O) groups excluding carboxylic acids is 1. The molecule has 0 aliphatic carbocycles. The highest BCUT2D eigenvalue weighted by Gasteiger charge is 2.37. The minimum atomic E-state index is -0.262. The van der Waals surface area contributed by atoms with E-state index in [0.717, 1.165) is 35.4 Å². The van der Waals surface area contributed by atoms with Crippen LogP contribution in [0.5, 0.6) is 5.75 Å². The molecule has 174 valence electrons. The number of carbonyl (C=O) groups is 1. The molecule has 3 aromatic heterocycles. The largest absolute Gasteiger partial charge is 0.497 e. The lowest BCUT2D eigenvalue weighted by Crippen LogP contribution is -2.51. The second-order valence-corrected chi connectivity index (χ2v) is 8.64. The number of methoxy groups -OCH3 is 1. The summed E-state index contributed by atoms with van der Waals surface area (Å²) in [5.41, 5.74) is 2.92. The van der Waals surface area contributed by atoms with E-state index in [1.807, 2.05) is 30.5 Å². The number of hydrogen-bond donors (Lipinski definition) is 0. The third-order valence-electron chi connectivity index (χ3n) is 6.54. The molecule has 11 nitrogen and oxygen atoms in total. The maximum absolute atomic E-state index is 13.2. The maximum Gasteiger partial charge on any atom is 0.425 e. The Hall–Kier alpha value is -3.99. The van der Waals surface area contributed by atoms with E-state index in [4.69, 9.17) is 14.5 Å². The normalized spacial score (nSPS) is 18.4. The number of ether oxygens (including phenoxy) is 2. The number of pyridine rings is 1. The van der Waals surface area contributed by atoms with Crippen LogP contribution in [0.4, 0.5) is 4.79 Å². The van der Waals surface area contributed by atoms with Crippen molar-refractivity contribution in [2.75, 3.05) is 33.4 Å². The molecule has 2 saturated heterocycles. The van der Waals surface area contributed by atoms with Crippen molar-refractivity contribution in [1.82, 2.24) is 29.0 Å². The molecular weight excluding hydrogens is 438 g/mol. The topological polar surface area (TPSA) is 108 Å². The number of rotatable bonds is 5. The van der Waals surface area contributed by atoms with Crippen LogP contribution in [0, 0.1) is 0 Å². The van der Waals surface area contributed by atoms with Crippen LogP contribution >= 0.6 is 0 Å². The van der Waals surface area contributed by atoms with Crippen LogP contribution < -0.4 is 15.4 Å². The number of aromatic amines is 1. The standard InChI is InChI=1S/C23H23N7O4/c1-33-18-4-2-15(3-5-18)11-29-20-19(21-25-14-26-30(21)22(29)31)8-16(9-24-20)10-27-6-7-28-17(12-27)13-34-23(28)32/h2-5,8-9,14,17H,6-7,10-13H2,1H3/p+1. The van der Waals surface area contributed by atoms with Crippen molar-refractivity contribution in [1.29, 1.82) is 0 Å². The Morgan fingerprint density at radius 2 is 2.00 bits per heavy atom. The van der Waals surface area contributed by atoms with Gasteiger partial charge in [0.05, 0.1) is 25.1 Å². The Kier molecular flexibility index (Phi) is 4.91. The first-order valence-electron chi connectivity index (χ1n) is 11.2. The van der Waals surface area contributed by atoms with E-state index >= 15 is 0 Å². The van der Waals surface area contributed by atoms with E-state index in [2.05, 4.69) is 21.0 Å². The van der Waals surface area contributed by atoms with Crippen molar-refractivity contribution in [2.24, 2.45) is 0 Å². The molecule has 11 heteroatoms. The van der Waals surface area contributed by atoms with Gasteiger partial charge >= 0.3 is 11.8 Å². The van der Waals surface area contributed by atoms with Gasteiger partial charge in [-0.1, -0.05) is 12.1 Å². The van der Waals surface area contributed by atoms with Gasteiger partial charge in [-0.15, -0.1) is 0 Å². The van der Waals surface area contributed by atoms with Gasteiger partial charge in [-0.3, -0.25) is 14.4 Å². The lowest BCUT2D eigenvalue weighted by molar-refractivity contribution is -0.345. The molecule has 1 atom stereocenters. The van der Waals surface area contributed by atoms with Crippen LogP contribution in [0.1, 0.15) is 11.1 Å². The van der Waals surface area contributed by atoms with Crippen LogP contribution in [0.3, 0.4) is 0 Å². The molecule has 1 unspecified atom stereocenters. The maximum atomic E-state index is 13.2. The van der Waals surface area contributed by atoms with Gasteiger partial charge in [-0.05, 0) is 33.8 Å². The second kappa shape index (κ2) is 8.10. The van der Waals surface area contributed by atoms with Crippen LogP contribution in [0.15, 0.2) is 47.7 Å². The number of cyclic esters (lactones) is 1. The Labute approximate surface area is 194 Å². The molecule has 0 bridgehead atoms. The quantitative estimate of drug-likeness (QED) is 0.426. The van der Waals surface area contributed by atoms with Gasteiger partial charge in [0.15, 0.2) is 5.65 Å². The first-order chi connectivity index (χ1) is 16.6. The van der Waals surface area contributed by atoms with Gasteiger partial charge in [-0.2, -0.15) is 0 Å². The summed E-state index contributed by atoms with van der Waals surface area (Å²) in [6.45, 7) is 3.68. The average molecular weight is 462 g/mol. The first-order valence-corrected chi connectivity index (χ1v) is 11.2. The summed E-state index contributed by atoms with van der Waals surface area (Å²) in [4.78, 5) is 36.9. The average Bonchev–Trinajstić information content (AvgIpc) is 3.50. The molecule has 2 fully saturated rings. The minimum Gasteiger partial charge on any atom is -0.497 e. The smallest absolute Gasteiger partial charge is 0.425 e. The zero-order chi connectivity index (χ0) is 23.2. The minimum absolute atomic E-state index is 0.0965. The lowest BCUT2D eigenvalue weighted by atomic mass is 10.1. The van der Waals surface area contributed by atoms with E-state index in [1.54, 1.807) is 16.6 Å². The summed E-state index contributed by atoms with van der Waals surface area (Å²) in [6.07, 6.45) is 3.11. The molecule has 6 rings (SSSR count). The van der Waals surface area contributed by atoms with Crippen LogP contribution in [-0.2, 0) is 17.8 Å². The molecule has 0 spiro atoms. The number of aromatic nitrogens is 5. The number of H-pyrrole nitrogens is 1. The van der Waals surface area contributed by atoms with E-state index in [-0.39, 0.29) is 17.8 Å².